The fourth-order valence-electron chi connectivity index (χ4n) is 3.49. The Hall–Kier alpha value is -0.120. The molecular formula is C22H44O3. The zero-order chi connectivity index (χ0) is 18.1. The van der Waals surface area contributed by atoms with E-state index in [1.54, 1.807) is 0 Å². The minimum absolute atomic E-state index is 0.0891. The molecule has 1 aliphatic heterocycles. The number of hydrogen-bond acceptors (Lipinski definition) is 3. The maximum atomic E-state index is 9.27. The minimum Gasteiger partial charge on any atom is -0.393 e. The van der Waals surface area contributed by atoms with Crippen LogP contribution in [0, 0.1) is 0 Å². The molecule has 1 fully saturated rings. The molecule has 0 atom stereocenters. The lowest BCUT2D eigenvalue weighted by molar-refractivity contribution is -0.225. The highest BCUT2D eigenvalue weighted by Gasteiger charge is 2.38. The predicted octanol–water partition coefficient (Wildman–Crippen LogP) is 6.03. The average Bonchev–Trinajstić information content (AvgIpc) is 2.59. The molecule has 1 heterocycles. The second-order valence-electron chi connectivity index (χ2n) is 7.99. The maximum absolute atomic E-state index is 9.27. The van der Waals surface area contributed by atoms with Crippen LogP contribution < -0.4 is 0 Å². The van der Waals surface area contributed by atoms with Crippen LogP contribution in [-0.4, -0.2) is 37.1 Å². The van der Waals surface area contributed by atoms with Gasteiger partial charge >= 0.3 is 0 Å². The van der Waals surface area contributed by atoms with Crippen LogP contribution in [0.5, 0.6) is 0 Å². The number of aliphatic hydroxyl groups excluding tert-OH is 1. The van der Waals surface area contributed by atoms with Gasteiger partial charge in [-0.1, -0.05) is 103 Å². The Morgan fingerprint density at radius 1 is 0.680 bits per heavy atom. The molecule has 1 saturated heterocycles. The van der Waals surface area contributed by atoms with Crippen LogP contribution >= 0.6 is 0 Å². The van der Waals surface area contributed by atoms with Crippen molar-refractivity contribution in [3.05, 3.63) is 0 Å². The SMILES string of the molecule is CCCCCCCCCCCCCCCCCCOC1(CO)COC1. The smallest absolute Gasteiger partial charge is 0.137 e. The summed E-state index contributed by atoms with van der Waals surface area (Å²) < 4.78 is 10.9. The zero-order valence-electron chi connectivity index (χ0n) is 16.9. The minimum atomic E-state index is -0.366. The Bertz CT molecular complexity index is 271. The highest BCUT2D eigenvalue weighted by molar-refractivity contribution is 4.86. The van der Waals surface area contributed by atoms with Crippen molar-refractivity contribution in [3.63, 3.8) is 0 Å². The van der Waals surface area contributed by atoms with E-state index < -0.39 is 0 Å². The second-order valence-corrected chi connectivity index (χ2v) is 7.99. The van der Waals surface area contributed by atoms with Crippen molar-refractivity contribution in [1.29, 1.82) is 0 Å². The number of unbranched alkanes of at least 4 members (excludes halogenated alkanes) is 15. The molecule has 1 aliphatic rings. The molecule has 0 bridgehead atoms. The summed E-state index contributed by atoms with van der Waals surface area (Å²) in [5.74, 6) is 0. The van der Waals surface area contributed by atoms with Gasteiger partial charge in [-0.05, 0) is 6.42 Å². The molecule has 0 saturated carbocycles. The van der Waals surface area contributed by atoms with Gasteiger partial charge in [0, 0.05) is 6.61 Å². The van der Waals surface area contributed by atoms with Crippen molar-refractivity contribution in [2.45, 2.75) is 115 Å². The van der Waals surface area contributed by atoms with Crippen molar-refractivity contribution in [1.82, 2.24) is 0 Å². The third-order valence-electron chi connectivity index (χ3n) is 5.42. The molecule has 0 aromatic carbocycles. The lowest BCUT2D eigenvalue weighted by Gasteiger charge is -2.39. The first-order valence-corrected chi connectivity index (χ1v) is 11.2. The second kappa shape index (κ2) is 16.1. The summed E-state index contributed by atoms with van der Waals surface area (Å²) in [6.07, 6.45) is 22.2. The molecule has 1 rings (SSSR count). The van der Waals surface area contributed by atoms with Gasteiger partial charge in [0.1, 0.15) is 5.60 Å². The van der Waals surface area contributed by atoms with E-state index in [0.717, 1.165) is 13.0 Å². The number of hydrogen-bond donors (Lipinski definition) is 1. The van der Waals surface area contributed by atoms with Crippen LogP contribution in [0.15, 0.2) is 0 Å². The number of aliphatic hydroxyl groups is 1. The third-order valence-corrected chi connectivity index (χ3v) is 5.42. The van der Waals surface area contributed by atoms with E-state index in [9.17, 15) is 5.11 Å². The molecule has 3 heteroatoms. The molecule has 0 aromatic heterocycles. The third kappa shape index (κ3) is 12.0. The lowest BCUT2D eigenvalue weighted by atomic mass is 10.0. The monoisotopic (exact) mass is 356 g/mol. The van der Waals surface area contributed by atoms with Crippen LogP contribution in [0.25, 0.3) is 0 Å². The molecule has 25 heavy (non-hydrogen) atoms. The van der Waals surface area contributed by atoms with Crippen molar-refractivity contribution in [3.8, 4) is 0 Å². The van der Waals surface area contributed by atoms with Gasteiger partial charge in [-0.25, -0.2) is 0 Å². The normalized spacial score (nSPS) is 16.1. The fraction of sp³-hybridized carbons (Fsp3) is 1.00. The van der Waals surface area contributed by atoms with Gasteiger partial charge in [-0.3, -0.25) is 0 Å². The van der Waals surface area contributed by atoms with Crippen LogP contribution in [-0.2, 0) is 9.47 Å². The Morgan fingerprint density at radius 3 is 1.40 bits per heavy atom. The first-order chi connectivity index (χ1) is 12.3. The van der Waals surface area contributed by atoms with Gasteiger partial charge in [0.25, 0.3) is 0 Å². The van der Waals surface area contributed by atoms with E-state index >= 15 is 0 Å². The molecular weight excluding hydrogens is 312 g/mol. The summed E-state index contributed by atoms with van der Waals surface area (Å²) in [7, 11) is 0. The highest BCUT2D eigenvalue weighted by atomic mass is 16.6. The van der Waals surface area contributed by atoms with E-state index in [0.29, 0.717) is 13.2 Å². The maximum Gasteiger partial charge on any atom is 0.137 e. The van der Waals surface area contributed by atoms with Crippen molar-refractivity contribution >= 4 is 0 Å². The van der Waals surface area contributed by atoms with Gasteiger partial charge < -0.3 is 14.6 Å². The predicted molar refractivity (Wildman–Crippen MR) is 106 cm³/mol. The quantitative estimate of drug-likeness (QED) is 0.287. The van der Waals surface area contributed by atoms with Crippen molar-refractivity contribution in [2.75, 3.05) is 26.4 Å². The van der Waals surface area contributed by atoms with Crippen LogP contribution in [0.1, 0.15) is 110 Å². The summed E-state index contributed by atoms with van der Waals surface area (Å²) in [5, 5.41) is 9.27. The summed E-state index contributed by atoms with van der Waals surface area (Å²) in [6, 6.07) is 0. The molecule has 3 nitrogen and oxygen atoms in total. The van der Waals surface area contributed by atoms with Gasteiger partial charge in [0.15, 0.2) is 0 Å². The molecule has 0 spiro atoms. The number of ether oxygens (including phenoxy) is 2. The molecule has 0 unspecified atom stereocenters. The van der Waals surface area contributed by atoms with E-state index in [-0.39, 0.29) is 12.2 Å². The number of rotatable bonds is 19. The van der Waals surface area contributed by atoms with E-state index in [4.69, 9.17) is 9.47 Å². The van der Waals surface area contributed by atoms with E-state index in [2.05, 4.69) is 6.92 Å². The summed E-state index contributed by atoms with van der Waals surface area (Å²) in [6.45, 7) is 4.26. The van der Waals surface area contributed by atoms with Gasteiger partial charge in [0.05, 0.1) is 19.8 Å². The summed E-state index contributed by atoms with van der Waals surface area (Å²) >= 11 is 0. The van der Waals surface area contributed by atoms with Crippen molar-refractivity contribution < 1.29 is 14.6 Å². The van der Waals surface area contributed by atoms with Gasteiger partial charge in [0.2, 0.25) is 0 Å². The topological polar surface area (TPSA) is 38.7 Å². The fourth-order valence-corrected chi connectivity index (χ4v) is 3.49. The van der Waals surface area contributed by atoms with Crippen LogP contribution in [0.4, 0.5) is 0 Å². The van der Waals surface area contributed by atoms with Crippen LogP contribution in [0.2, 0.25) is 0 Å². The molecule has 0 radical (unpaired) electrons. The Balaban J connectivity index is 1.68. The Kier molecular flexibility index (Phi) is 14.7. The highest BCUT2D eigenvalue weighted by Crippen LogP contribution is 2.21. The molecule has 0 aliphatic carbocycles. The Labute approximate surface area is 156 Å². The first kappa shape index (κ1) is 22.9. The zero-order valence-corrected chi connectivity index (χ0v) is 16.9. The average molecular weight is 357 g/mol. The molecule has 1 N–H and O–H groups in total. The van der Waals surface area contributed by atoms with Crippen molar-refractivity contribution in [2.24, 2.45) is 0 Å². The first-order valence-electron chi connectivity index (χ1n) is 11.2. The molecule has 0 amide bonds. The molecule has 150 valence electrons. The summed E-state index contributed by atoms with van der Waals surface area (Å²) in [4.78, 5) is 0. The largest absolute Gasteiger partial charge is 0.393 e. The standard InChI is InChI=1S/C22H44O3/c1-2-3-4-5-6-7-8-9-10-11-12-13-14-15-16-17-18-25-22(19-23)20-24-21-22/h23H,2-21H2,1H3. The van der Waals surface area contributed by atoms with Gasteiger partial charge in [-0.15, -0.1) is 0 Å². The Morgan fingerprint density at radius 2 is 1.08 bits per heavy atom. The lowest BCUT2D eigenvalue weighted by Crippen LogP contribution is -2.54. The van der Waals surface area contributed by atoms with Crippen LogP contribution in [0.3, 0.4) is 0 Å². The summed E-state index contributed by atoms with van der Waals surface area (Å²) in [5.41, 5.74) is -0.366. The van der Waals surface area contributed by atoms with E-state index in [1.807, 2.05) is 0 Å². The molecule has 0 aromatic rings. The van der Waals surface area contributed by atoms with E-state index in [1.165, 1.54) is 96.3 Å². The van der Waals surface area contributed by atoms with Gasteiger partial charge in [-0.2, -0.15) is 0 Å².